The van der Waals surface area contributed by atoms with Crippen LogP contribution in [0, 0.1) is 0 Å². The van der Waals surface area contributed by atoms with E-state index in [4.69, 9.17) is 34.8 Å². The number of hydrogen-bond acceptors (Lipinski definition) is 3. The van der Waals surface area contributed by atoms with Gasteiger partial charge in [-0.1, -0.05) is 66.7 Å². The van der Waals surface area contributed by atoms with Gasteiger partial charge in [-0.2, -0.15) is 0 Å². The van der Waals surface area contributed by atoms with Gasteiger partial charge in [-0.15, -0.1) is 0 Å². The van der Waals surface area contributed by atoms with E-state index < -0.39 is 17.7 Å². The molecule has 0 aliphatic rings. The highest BCUT2D eigenvalue weighted by Crippen LogP contribution is 2.28. The van der Waals surface area contributed by atoms with E-state index in [0.717, 1.165) is 4.47 Å². The predicted octanol–water partition coefficient (Wildman–Crippen LogP) is 7.09. The monoisotopic (exact) mass is 656 g/mol. The molecule has 1 aromatic heterocycles. The lowest BCUT2D eigenvalue weighted by molar-refractivity contribution is -0.133. The topological polar surface area (TPSA) is 92.2 Å². The highest BCUT2D eigenvalue weighted by atomic mass is 79.9. The fourth-order valence-corrected chi connectivity index (χ4v) is 4.56. The van der Waals surface area contributed by atoms with Crippen LogP contribution in [0.3, 0.4) is 0 Å². The number of amides is 3. The van der Waals surface area contributed by atoms with Gasteiger partial charge in [-0.3, -0.25) is 19.8 Å². The molecule has 0 bridgehead atoms. The zero-order valence-corrected chi connectivity index (χ0v) is 22.8. The number of carbonyl (C=O) groups excluding carboxylic acids is 3. The first kappa shape index (κ1) is 25.5. The molecule has 178 valence electrons. The number of carbonyl (C=O) groups is 3. The summed E-state index contributed by atoms with van der Waals surface area (Å²) in [6.45, 7) is 0. The Morgan fingerprint density at radius 3 is 2.14 bits per heavy atom. The zero-order chi connectivity index (χ0) is 25.3. The van der Waals surface area contributed by atoms with Crippen molar-refractivity contribution < 1.29 is 14.4 Å². The molecule has 0 saturated heterocycles. The number of nitrogens with zero attached hydrogens (tertiary/aromatic N) is 1. The minimum atomic E-state index is -1.01. The molecule has 0 unspecified atom stereocenters. The lowest BCUT2D eigenvalue weighted by atomic mass is 10.2. The van der Waals surface area contributed by atoms with Crippen LogP contribution in [-0.2, 0) is 9.59 Å². The molecule has 4 aromatic rings. The van der Waals surface area contributed by atoms with Gasteiger partial charge in [0, 0.05) is 20.0 Å². The van der Waals surface area contributed by atoms with Gasteiger partial charge in [-0.05, 0) is 60.7 Å². The average Bonchev–Trinajstić information content (AvgIpc) is 3.15. The zero-order valence-electron chi connectivity index (χ0n) is 17.3. The van der Waals surface area contributed by atoms with Crippen LogP contribution in [0.2, 0.25) is 15.1 Å². The molecule has 3 aromatic carbocycles. The summed E-state index contributed by atoms with van der Waals surface area (Å²) in [6.07, 6.45) is 0. The van der Waals surface area contributed by atoms with Gasteiger partial charge in [0.1, 0.15) is 5.69 Å². The lowest BCUT2D eigenvalue weighted by Gasteiger charge is -2.13. The highest BCUT2D eigenvalue weighted by Gasteiger charge is 2.22. The third kappa shape index (κ3) is 5.82. The summed E-state index contributed by atoms with van der Waals surface area (Å²) < 4.78 is 2.72. The largest absolute Gasteiger partial charge is 0.328 e. The Kier molecular flexibility index (Phi) is 7.73. The summed E-state index contributed by atoms with van der Waals surface area (Å²) in [5, 5.41) is 6.67. The van der Waals surface area contributed by atoms with Crippen LogP contribution in [-0.4, -0.2) is 22.4 Å². The van der Waals surface area contributed by atoms with E-state index in [0.29, 0.717) is 26.1 Å². The van der Waals surface area contributed by atoms with Crippen molar-refractivity contribution in [1.29, 1.82) is 0 Å². The third-order valence-corrected chi connectivity index (χ3v) is 6.81. The molecule has 35 heavy (non-hydrogen) atoms. The second kappa shape index (κ2) is 10.6. The van der Waals surface area contributed by atoms with Crippen LogP contribution >= 0.6 is 66.7 Å². The van der Waals surface area contributed by atoms with E-state index in [2.05, 4.69) is 47.9 Å². The van der Waals surface area contributed by atoms with Crippen LogP contribution < -0.4 is 16.1 Å². The molecule has 0 fully saturated rings. The van der Waals surface area contributed by atoms with Crippen LogP contribution in [0.5, 0.6) is 0 Å². The average molecular weight is 660 g/mol. The Balaban J connectivity index is 1.63. The number of nitrogens with one attached hydrogen (secondary N) is 3. The molecular weight excluding hydrogens is 646 g/mol. The molecule has 1 heterocycles. The van der Waals surface area contributed by atoms with Crippen molar-refractivity contribution in [3.8, 4) is 0 Å². The predicted molar refractivity (Wildman–Crippen MR) is 146 cm³/mol. The maximum absolute atomic E-state index is 13.1. The molecule has 4 rings (SSSR count). The minimum absolute atomic E-state index is 0.0759. The molecule has 3 N–H and O–H groups in total. The molecule has 0 spiro atoms. The molecule has 0 saturated carbocycles. The number of benzene rings is 3. The van der Waals surface area contributed by atoms with Gasteiger partial charge in [-0.25, -0.2) is 4.68 Å². The van der Waals surface area contributed by atoms with Crippen LogP contribution in [0.1, 0.15) is 10.5 Å². The van der Waals surface area contributed by atoms with E-state index in [1.807, 2.05) is 0 Å². The summed E-state index contributed by atoms with van der Waals surface area (Å²) in [6, 6.07) is 16.2. The first-order valence-electron chi connectivity index (χ1n) is 9.77. The fraction of sp³-hybridized carbons (Fsp3) is 0. The SMILES string of the molecule is O=C(Nc1ccc(Br)cc1Cl)C(=O)Nn1c(C(=O)Nc2ccc(Cl)c(Cl)c2)cc2cc(Br)ccc21. The van der Waals surface area contributed by atoms with Crippen molar-refractivity contribution >= 4 is 107 Å². The number of halogens is 5. The number of fused-ring (bicyclic) bond motifs is 1. The second-order valence-corrected chi connectivity index (χ2v) is 10.2. The summed E-state index contributed by atoms with van der Waals surface area (Å²) >= 11 is 24.8. The molecule has 0 aliphatic heterocycles. The lowest BCUT2D eigenvalue weighted by Crippen LogP contribution is -2.36. The van der Waals surface area contributed by atoms with Crippen LogP contribution in [0.15, 0.2) is 69.6 Å². The number of hydrogen-bond donors (Lipinski definition) is 3. The maximum atomic E-state index is 13.1. The number of aromatic nitrogens is 1. The normalized spacial score (nSPS) is 10.8. The molecule has 0 atom stereocenters. The quantitative estimate of drug-likeness (QED) is 0.205. The first-order valence-corrected chi connectivity index (χ1v) is 12.5. The smallest absolute Gasteiger partial charge is 0.321 e. The van der Waals surface area contributed by atoms with E-state index in [9.17, 15) is 14.4 Å². The molecular formula is C23H13Br2Cl3N4O3. The highest BCUT2D eigenvalue weighted by molar-refractivity contribution is 9.10. The summed E-state index contributed by atoms with van der Waals surface area (Å²) in [7, 11) is 0. The number of rotatable bonds is 4. The Morgan fingerprint density at radius 2 is 1.43 bits per heavy atom. The van der Waals surface area contributed by atoms with Crippen molar-refractivity contribution in [2.75, 3.05) is 16.1 Å². The van der Waals surface area contributed by atoms with Gasteiger partial charge >= 0.3 is 11.8 Å². The van der Waals surface area contributed by atoms with Crippen molar-refractivity contribution in [3.63, 3.8) is 0 Å². The van der Waals surface area contributed by atoms with Crippen molar-refractivity contribution in [2.45, 2.75) is 0 Å². The maximum Gasteiger partial charge on any atom is 0.328 e. The van der Waals surface area contributed by atoms with Crippen LogP contribution in [0.25, 0.3) is 10.9 Å². The summed E-state index contributed by atoms with van der Waals surface area (Å²) in [4.78, 5) is 38.4. The third-order valence-electron chi connectivity index (χ3n) is 4.77. The second-order valence-electron chi connectivity index (χ2n) is 7.17. The van der Waals surface area contributed by atoms with Crippen LogP contribution in [0.4, 0.5) is 11.4 Å². The summed E-state index contributed by atoms with van der Waals surface area (Å²) in [5.41, 5.74) is 3.71. The fourth-order valence-electron chi connectivity index (χ4n) is 3.17. The van der Waals surface area contributed by atoms with Crippen molar-refractivity contribution in [1.82, 2.24) is 4.68 Å². The van der Waals surface area contributed by atoms with E-state index in [-0.39, 0.29) is 21.4 Å². The molecule has 0 aliphatic carbocycles. The number of anilines is 2. The van der Waals surface area contributed by atoms with Crippen molar-refractivity contribution in [3.05, 3.63) is 90.4 Å². The van der Waals surface area contributed by atoms with Gasteiger partial charge in [0.05, 0.1) is 26.3 Å². The van der Waals surface area contributed by atoms with Gasteiger partial charge in [0.25, 0.3) is 5.91 Å². The van der Waals surface area contributed by atoms with E-state index in [1.54, 1.807) is 54.6 Å². The summed E-state index contributed by atoms with van der Waals surface area (Å²) in [5.74, 6) is -2.52. The van der Waals surface area contributed by atoms with E-state index in [1.165, 1.54) is 10.7 Å². The molecule has 12 heteroatoms. The van der Waals surface area contributed by atoms with Crippen molar-refractivity contribution in [2.24, 2.45) is 0 Å². The molecule has 7 nitrogen and oxygen atoms in total. The van der Waals surface area contributed by atoms with Gasteiger partial charge in [0.2, 0.25) is 0 Å². The van der Waals surface area contributed by atoms with Gasteiger partial charge in [0.15, 0.2) is 0 Å². The Bertz CT molecular complexity index is 1510. The Morgan fingerprint density at radius 1 is 0.714 bits per heavy atom. The van der Waals surface area contributed by atoms with Gasteiger partial charge < -0.3 is 10.6 Å². The minimum Gasteiger partial charge on any atom is -0.321 e. The standard InChI is InChI=1S/C23H13Br2Cl3N4O3/c24-12-2-6-19-11(7-12)8-20(21(33)29-14-3-4-15(26)16(27)10-14)32(19)31-23(35)22(34)30-18-5-1-13(25)9-17(18)28/h1-10H,(H,29,33)(H,30,34)(H,31,35). The Labute approximate surface area is 230 Å². The molecule has 3 amide bonds. The first-order chi connectivity index (χ1) is 16.6. The van der Waals surface area contributed by atoms with E-state index >= 15 is 0 Å². The molecule has 0 radical (unpaired) electrons. The Hall–Kier alpha value is -2.56.